The first-order valence-electron chi connectivity index (χ1n) is 5.11. The quantitative estimate of drug-likeness (QED) is 0.766. The van der Waals surface area contributed by atoms with Gasteiger partial charge in [-0.1, -0.05) is 0 Å². The minimum absolute atomic E-state index is 0.0114. The number of hydrogen-bond donors (Lipinski definition) is 2. The lowest BCUT2D eigenvalue weighted by Gasteiger charge is -2.08. The number of thioether (sulfide) groups is 1. The molecule has 7 nitrogen and oxygen atoms in total. The SMILES string of the molecule is Nc1ncnc2c([C@H]3CS[C@@H](CO)O3)cnn12. The molecule has 0 amide bonds. The molecule has 90 valence electrons. The van der Waals surface area contributed by atoms with Crippen LogP contribution in [0.5, 0.6) is 0 Å². The van der Waals surface area contributed by atoms with Gasteiger partial charge in [0, 0.05) is 11.3 Å². The standard InChI is InChI=1S/C9H11N5O2S/c10-9-12-4-11-8-5(1-13-14(8)9)6-3-17-7(2-15)16-6/h1,4,6-7,15H,2-3H2,(H2,10,11,12)/t6-,7+/m1/s1. The second kappa shape index (κ2) is 4.13. The maximum absolute atomic E-state index is 9.03. The summed E-state index contributed by atoms with van der Waals surface area (Å²) in [7, 11) is 0. The van der Waals surface area contributed by atoms with Crippen LogP contribution in [-0.4, -0.2) is 42.5 Å². The fourth-order valence-electron chi connectivity index (χ4n) is 1.79. The van der Waals surface area contributed by atoms with Gasteiger partial charge in [-0.2, -0.15) is 9.61 Å². The Morgan fingerprint density at radius 1 is 1.59 bits per heavy atom. The highest BCUT2D eigenvalue weighted by atomic mass is 32.2. The summed E-state index contributed by atoms with van der Waals surface area (Å²) in [5.41, 5.74) is 7.04. The third-order valence-corrected chi connectivity index (χ3v) is 3.73. The fourth-order valence-corrected chi connectivity index (χ4v) is 2.76. The minimum Gasteiger partial charge on any atom is -0.393 e. The lowest BCUT2D eigenvalue weighted by atomic mass is 10.2. The van der Waals surface area contributed by atoms with Crippen LogP contribution in [0.1, 0.15) is 11.7 Å². The van der Waals surface area contributed by atoms with Crippen LogP contribution in [0.25, 0.3) is 5.65 Å². The van der Waals surface area contributed by atoms with E-state index in [4.69, 9.17) is 15.6 Å². The van der Waals surface area contributed by atoms with Crippen LogP contribution < -0.4 is 5.73 Å². The van der Waals surface area contributed by atoms with Crippen molar-refractivity contribution in [1.82, 2.24) is 19.6 Å². The highest BCUT2D eigenvalue weighted by molar-refractivity contribution is 8.00. The molecule has 1 aliphatic rings. The van der Waals surface area contributed by atoms with Crippen molar-refractivity contribution in [3.63, 3.8) is 0 Å². The number of nitrogens with zero attached hydrogens (tertiary/aromatic N) is 4. The Labute approximate surface area is 101 Å². The summed E-state index contributed by atoms with van der Waals surface area (Å²) in [6.07, 6.45) is 2.98. The molecule has 3 heterocycles. The summed E-state index contributed by atoms with van der Waals surface area (Å²) in [6, 6.07) is 0. The van der Waals surface area contributed by atoms with Crippen molar-refractivity contribution in [2.75, 3.05) is 18.1 Å². The van der Waals surface area contributed by atoms with Crippen LogP contribution in [0.3, 0.4) is 0 Å². The van der Waals surface area contributed by atoms with Gasteiger partial charge in [-0.25, -0.2) is 9.97 Å². The number of nitrogens with two attached hydrogens (primary N) is 1. The van der Waals surface area contributed by atoms with Gasteiger partial charge in [-0.3, -0.25) is 0 Å². The van der Waals surface area contributed by atoms with E-state index in [1.54, 1.807) is 18.0 Å². The van der Waals surface area contributed by atoms with Crippen LogP contribution in [0.2, 0.25) is 0 Å². The van der Waals surface area contributed by atoms with Gasteiger partial charge < -0.3 is 15.6 Å². The second-order valence-corrected chi connectivity index (χ2v) is 4.83. The zero-order chi connectivity index (χ0) is 11.8. The maximum Gasteiger partial charge on any atom is 0.224 e. The van der Waals surface area contributed by atoms with Crippen LogP contribution in [0.4, 0.5) is 5.95 Å². The second-order valence-electron chi connectivity index (χ2n) is 3.64. The van der Waals surface area contributed by atoms with Crippen molar-refractivity contribution in [3.8, 4) is 0 Å². The van der Waals surface area contributed by atoms with E-state index in [-0.39, 0.29) is 18.1 Å². The van der Waals surface area contributed by atoms with Crippen LogP contribution in [0.15, 0.2) is 12.5 Å². The largest absolute Gasteiger partial charge is 0.393 e. The first kappa shape index (κ1) is 10.8. The molecular formula is C9H11N5O2S. The zero-order valence-electron chi connectivity index (χ0n) is 8.85. The molecular weight excluding hydrogens is 242 g/mol. The van der Waals surface area contributed by atoms with E-state index in [2.05, 4.69) is 15.1 Å². The Morgan fingerprint density at radius 2 is 2.47 bits per heavy atom. The smallest absolute Gasteiger partial charge is 0.224 e. The lowest BCUT2D eigenvalue weighted by molar-refractivity contribution is 0.0350. The number of aliphatic hydroxyl groups is 1. The minimum atomic E-state index is -0.172. The lowest BCUT2D eigenvalue weighted by Crippen LogP contribution is -2.09. The average Bonchev–Trinajstić information content (AvgIpc) is 2.94. The van der Waals surface area contributed by atoms with E-state index in [9.17, 15) is 0 Å². The van der Waals surface area contributed by atoms with Gasteiger partial charge in [0.15, 0.2) is 5.65 Å². The van der Waals surface area contributed by atoms with Gasteiger partial charge in [-0.05, 0) is 0 Å². The van der Waals surface area contributed by atoms with Crippen molar-refractivity contribution in [2.45, 2.75) is 11.5 Å². The fraction of sp³-hybridized carbons (Fsp3) is 0.444. The molecule has 2 aromatic rings. The van der Waals surface area contributed by atoms with Crippen LogP contribution in [-0.2, 0) is 4.74 Å². The Balaban J connectivity index is 1.99. The van der Waals surface area contributed by atoms with E-state index in [1.165, 1.54) is 10.8 Å². The van der Waals surface area contributed by atoms with Gasteiger partial charge in [0.25, 0.3) is 0 Å². The number of anilines is 1. The molecule has 8 heteroatoms. The highest BCUT2D eigenvalue weighted by Gasteiger charge is 2.29. The summed E-state index contributed by atoms with van der Waals surface area (Å²) in [6.45, 7) is 0.0114. The van der Waals surface area contributed by atoms with E-state index in [0.29, 0.717) is 11.6 Å². The normalized spacial score (nSPS) is 24.5. The summed E-state index contributed by atoms with van der Waals surface area (Å²) in [5, 5.41) is 13.2. The Bertz CT molecular complexity index is 545. The van der Waals surface area contributed by atoms with E-state index < -0.39 is 0 Å². The number of ether oxygens (including phenoxy) is 1. The van der Waals surface area contributed by atoms with Crippen molar-refractivity contribution in [1.29, 1.82) is 0 Å². The predicted molar refractivity (Wildman–Crippen MR) is 62.4 cm³/mol. The first-order valence-corrected chi connectivity index (χ1v) is 6.16. The van der Waals surface area contributed by atoms with E-state index in [1.807, 2.05) is 0 Å². The number of aliphatic hydroxyl groups excluding tert-OH is 1. The van der Waals surface area contributed by atoms with Crippen LogP contribution >= 0.6 is 11.8 Å². The van der Waals surface area contributed by atoms with E-state index >= 15 is 0 Å². The summed E-state index contributed by atoms with van der Waals surface area (Å²) < 4.78 is 7.14. The number of fused-ring (bicyclic) bond motifs is 1. The van der Waals surface area contributed by atoms with Crippen LogP contribution in [0, 0.1) is 0 Å². The number of rotatable bonds is 2. The maximum atomic E-state index is 9.03. The van der Waals surface area contributed by atoms with Crippen molar-refractivity contribution >= 4 is 23.4 Å². The highest BCUT2D eigenvalue weighted by Crippen LogP contribution is 2.36. The van der Waals surface area contributed by atoms with Gasteiger partial charge >= 0.3 is 0 Å². The summed E-state index contributed by atoms with van der Waals surface area (Å²) in [5.74, 6) is 1.07. The molecule has 1 saturated heterocycles. The molecule has 2 aromatic heterocycles. The third kappa shape index (κ3) is 1.74. The molecule has 0 spiro atoms. The average molecular weight is 253 g/mol. The third-order valence-electron chi connectivity index (χ3n) is 2.60. The summed E-state index contributed by atoms with van der Waals surface area (Å²) >= 11 is 1.58. The first-order chi connectivity index (χ1) is 8.29. The monoisotopic (exact) mass is 253 g/mol. The Morgan fingerprint density at radius 3 is 3.24 bits per heavy atom. The van der Waals surface area contributed by atoms with Gasteiger partial charge in [-0.15, -0.1) is 11.8 Å². The molecule has 0 aromatic carbocycles. The number of hydrogen-bond acceptors (Lipinski definition) is 7. The Hall–Kier alpha value is -1.38. The van der Waals surface area contributed by atoms with Gasteiger partial charge in [0.1, 0.15) is 11.8 Å². The molecule has 0 saturated carbocycles. The van der Waals surface area contributed by atoms with Gasteiger partial charge in [0.05, 0.1) is 18.9 Å². The predicted octanol–water partition coefficient (Wildman–Crippen LogP) is -0.171. The summed E-state index contributed by atoms with van der Waals surface area (Å²) in [4.78, 5) is 8.01. The molecule has 2 atom stereocenters. The molecule has 0 radical (unpaired) electrons. The number of aromatic nitrogens is 4. The molecule has 0 aliphatic carbocycles. The molecule has 17 heavy (non-hydrogen) atoms. The van der Waals surface area contributed by atoms with Gasteiger partial charge in [0.2, 0.25) is 5.95 Å². The molecule has 0 unspecified atom stereocenters. The molecule has 1 aliphatic heterocycles. The molecule has 1 fully saturated rings. The van der Waals surface area contributed by atoms with Crippen molar-refractivity contribution in [3.05, 3.63) is 18.1 Å². The zero-order valence-corrected chi connectivity index (χ0v) is 9.67. The molecule has 3 rings (SSSR count). The van der Waals surface area contributed by atoms with Crippen molar-refractivity contribution < 1.29 is 9.84 Å². The Kier molecular flexibility index (Phi) is 2.61. The molecule has 0 bridgehead atoms. The molecule has 3 N–H and O–H groups in total. The topological polar surface area (TPSA) is 98.6 Å². The number of nitrogen functional groups attached to an aromatic ring is 1. The van der Waals surface area contributed by atoms with E-state index in [0.717, 1.165) is 11.3 Å². The van der Waals surface area contributed by atoms with Crippen molar-refractivity contribution in [2.24, 2.45) is 0 Å².